The van der Waals surface area contributed by atoms with Crippen LogP contribution in [-0.2, 0) is 16.1 Å². The van der Waals surface area contributed by atoms with E-state index in [2.05, 4.69) is 5.32 Å². The lowest BCUT2D eigenvalue weighted by Gasteiger charge is -2.15. The maximum absolute atomic E-state index is 13.8. The van der Waals surface area contributed by atoms with E-state index in [1.54, 1.807) is 24.3 Å². The number of aliphatic carboxylic acids is 1. The lowest BCUT2D eigenvalue weighted by atomic mass is 10.1. The van der Waals surface area contributed by atoms with Gasteiger partial charge in [-0.3, -0.25) is 0 Å². The molecule has 0 saturated carbocycles. The molecule has 1 atom stereocenters. The van der Waals surface area contributed by atoms with Gasteiger partial charge in [-0.1, -0.05) is 48.0 Å². The number of carbonyl (C=O) groups is 2. The van der Waals surface area contributed by atoms with Gasteiger partial charge in [-0.2, -0.15) is 0 Å². The summed E-state index contributed by atoms with van der Waals surface area (Å²) in [6.45, 7) is -0.0257. The Hall–Kier alpha value is -2.60. The van der Waals surface area contributed by atoms with Gasteiger partial charge in [0.2, 0.25) is 0 Å². The number of amides is 1. The zero-order chi connectivity index (χ0) is 16.8. The Kier molecular flexibility index (Phi) is 5.54. The molecule has 23 heavy (non-hydrogen) atoms. The van der Waals surface area contributed by atoms with E-state index >= 15 is 0 Å². The fraction of sp³-hybridized carbons (Fsp3) is 0.125. The minimum Gasteiger partial charge on any atom is -0.479 e. The molecule has 0 radical (unpaired) electrons. The Morgan fingerprint density at radius 1 is 1.22 bits per heavy atom. The number of nitrogens with one attached hydrogen (secondary N) is 1. The van der Waals surface area contributed by atoms with Gasteiger partial charge in [0, 0.05) is 10.6 Å². The molecule has 0 fully saturated rings. The highest BCUT2D eigenvalue weighted by atomic mass is 35.5. The smallest absolute Gasteiger partial charge is 0.408 e. The summed E-state index contributed by atoms with van der Waals surface area (Å²) in [5.74, 6) is -2.24. The summed E-state index contributed by atoms with van der Waals surface area (Å²) in [7, 11) is 0. The van der Waals surface area contributed by atoms with E-state index in [0.717, 1.165) is 11.6 Å². The van der Waals surface area contributed by atoms with Crippen molar-refractivity contribution in [2.24, 2.45) is 0 Å². The van der Waals surface area contributed by atoms with E-state index in [1.165, 1.54) is 12.1 Å². The molecule has 0 aliphatic rings. The van der Waals surface area contributed by atoms with Gasteiger partial charge in [0.05, 0.1) is 0 Å². The zero-order valence-corrected chi connectivity index (χ0v) is 12.6. The molecule has 2 N–H and O–H groups in total. The van der Waals surface area contributed by atoms with Crippen LogP contribution in [0, 0.1) is 5.82 Å². The number of alkyl carbamates (subject to hydrolysis) is 1. The van der Waals surface area contributed by atoms with Crippen LogP contribution in [0.5, 0.6) is 0 Å². The number of halogens is 2. The number of carbonyl (C=O) groups excluding carboxylic acids is 1. The van der Waals surface area contributed by atoms with Crippen molar-refractivity contribution in [3.05, 3.63) is 70.5 Å². The first-order chi connectivity index (χ1) is 11.0. The first-order valence-electron chi connectivity index (χ1n) is 6.62. The van der Waals surface area contributed by atoms with Gasteiger partial charge in [-0.15, -0.1) is 0 Å². The number of rotatable bonds is 5. The molecule has 0 aromatic heterocycles. The van der Waals surface area contributed by atoms with Crippen molar-refractivity contribution in [1.29, 1.82) is 0 Å². The Balaban J connectivity index is 2.04. The molecule has 0 bridgehead atoms. The Labute approximate surface area is 136 Å². The van der Waals surface area contributed by atoms with Gasteiger partial charge in [-0.05, 0) is 17.7 Å². The van der Waals surface area contributed by atoms with Crippen LogP contribution in [0.2, 0.25) is 5.02 Å². The van der Waals surface area contributed by atoms with E-state index in [4.69, 9.17) is 16.3 Å². The van der Waals surface area contributed by atoms with E-state index in [1.807, 2.05) is 6.07 Å². The highest BCUT2D eigenvalue weighted by Crippen LogP contribution is 2.21. The second-order valence-corrected chi connectivity index (χ2v) is 5.08. The lowest BCUT2D eigenvalue weighted by Crippen LogP contribution is -2.34. The zero-order valence-electron chi connectivity index (χ0n) is 11.8. The Morgan fingerprint density at radius 3 is 2.52 bits per heavy atom. The summed E-state index contributed by atoms with van der Waals surface area (Å²) >= 11 is 5.63. The molecule has 0 spiro atoms. The molecule has 1 amide bonds. The van der Waals surface area contributed by atoms with E-state index < -0.39 is 23.9 Å². The molecule has 2 rings (SSSR count). The average Bonchev–Trinajstić information content (AvgIpc) is 2.52. The number of carboxylic acid groups (broad SMARTS) is 1. The third kappa shape index (κ3) is 4.69. The minimum absolute atomic E-state index is 0.0257. The molecular formula is C16H13ClFNO4. The fourth-order valence-electron chi connectivity index (χ4n) is 1.89. The highest BCUT2D eigenvalue weighted by molar-refractivity contribution is 6.30. The molecule has 5 nitrogen and oxygen atoms in total. The van der Waals surface area contributed by atoms with Crippen molar-refractivity contribution in [3.63, 3.8) is 0 Å². The molecule has 2 aromatic rings. The largest absolute Gasteiger partial charge is 0.479 e. The first-order valence-corrected chi connectivity index (χ1v) is 7.00. The number of hydrogen-bond acceptors (Lipinski definition) is 3. The van der Waals surface area contributed by atoms with Crippen molar-refractivity contribution >= 4 is 23.7 Å². The van der Waals surface area contributed by atoms with E-state index in [9.17, 15) is 19.1 Å². The van der Waals surface area contributed by atoms with Gasteiger partial charge < -0.3 is 15.2 Å². The lowest BCUT2D eigenvalue weighted by molar-refractivity contribution is -0.139. The summed E-state index contributed by atoms with van der Waals surface area (Å²) in [5.41, 5.74) is 0.533. The monoisotopic (exact) mass is 337 g/mol. The molecule has 2 aromatic carbocycles. The van der Waals surface area contributed by atoms with E-state index in [0.29, 0.717) is 0 Å². The second kappa shape index (κ2) is 7.60. The Bertz CT molecular complexity index is 708. The van der Waals surface area contributed by atoms with Crippen LogP contribution in [-0.4, -0.2) is 17.2 Å². The van der Waals surface area contributed by atoms with Crippen LogP contribution < -0.4 is 5.32 Å². The standard InChI is InChI=1S/C16H13ClFNO4/c17-11-6-7-12(13(18)8-11)14(15(20)21)19-16(22)23-9-10-4-2-1-3-5-10/h1-8,14H,9H2,(H,19,22)(H,20,21). The number of carboxylic acids is 1. The summed E-state index contributed by atoms with van der Waals surface area (Å²) in [6, 6.07) is 10.8. The van der Waals surface area contributed by atoms with Crippen LogP contribution in [0.15, 0.2) is 48.5 Å². The van der Waals surface area contributed by atoms with Crippen molar-refractivity contribution in [3.8, 4) is 0 Å². The van der Waals surface area contributed by atoms with Crippen LogP contribution in [0.3, 0.4) is 0 Å². The topological polar surface area (TPSA) is 75.6 Å². The highest BCUT2D eigenvalue weighted by Gasteiger charge is 2.25. The summed E-state index contributed by atoms with van der Waals surface area (Å²) < 4.78 is 18.8. The quantitative estimate of drug-likeness (QED) is 0.875. The molecular weight excluding hydrogens is 325 g/mol. The Morgan fingerprint density at radius 2 is 1.91 bits per heavy atom. The summed E-state index contributed by atoms with van der Waals surface area (Å²) in [6.07, 6.45) is -0.962. The molecule has 0 aliphatic heterocycles. The maximum Gasteiger partial charge on any atom is 0.408 e. The van der Waals surface area contributed by atoms with Crippen molar-refractivity contribution in [2.45, 2.75) is 12.6 Å². The number of hydrogen-bond donors (Lipinski definition) is 2. The molecule has 0 aliphatic carbocycles. The number of benzene rings is 2. The molecule has 7 heteroatoms. The van der Waals surface area contributed by atoms with Crippen LogP contribution in [0.25, 0.3) is 0 Å². The van der Waals surface area contributed by atoms with Crippen molar-refractivity contribution in [1.82, 2.24) is 5.32 Å². The van der Waals surface area contributed by atoms with Gasteiger partial charge >= 0.3 is 12.1 Å². The van der Waals surface area contributed by atoms with Crippen molar-refractivity contribution in [2.75, 3.05) is 0 Å². The SMILES string of the molecule is O=C(NC(C(=O)O)c1ccc(Cl)cc1F)OCc1ccccc1. The molecule has 120 valence electrons. The summed E-state index contributed by atoms with van der Waals surface area (Å²) in [5, 5.41) is 11.4. The second-order valence-electron chi connectivity index (χ2n) is 4.64. The predicted octanol–water partition coefficient (Wildman–Crippen LogP) is 3.53. The van der Waals surface area contributed by atoms with E-state index in [-0.39, 0.29) is 17.2 Å². The first kappa shape index (κ1) is 16.8. The third-order valence-corrected chi connectivity index (χ3v) is 3.23. The van der Waals surface area contributed by atoms with Crippen LogP contribution >= 0.6 is 11.6 Å². The predicted molar refractivity (Wildman–Crippen MR) is 81.5 cm³/mol. The normalized spacial score (nSPS) is 11.6. The van der Waals surface area contributed by atoms with Crippen LogP contribution in [0.1, 0.15) is 17.2 Å². The van der Waals surface area contributed by atoms with Crippen molar-refractivity contribution < 1.29 is 23.8 Å². The third-order valence-electron chi connectivity index (χ3n) is 3.00. The average molecular weight is 338 g/mol. The maximum atomic E-state index is 13.8. The van der Waals surface area contributed by atoms with Crippen LogP contribution in [0.4, 0.5) is 9.18 Å². The number of ether oxygens (including phenoxy) is 1. The fourth-order valence-corrected chi connectivity index (χ4v) is 2.05. The van der Waals surface area contributed by atoms with Gasteiger partial charge in [-0.25, -0.2) is 14.0 Å². The molecule has 1 unspecified atom stereocenters. The summed E-state index contributed by atoms with van der Waals surface area (Å²) in [4.78, 5) is 23.0. The minimum atomic E-state index is -1.57. The molecule has 0 saturated heterocycles. The van der Waals surface area contributed by atoms with Gasteiger partial charge in [0.25, 0.3) is 0 Å². The molecule has 0 heterocycles. The van der Waals surface area contributed by atoms with Gasteiger partial charge in [0.1, 0.15) is 12.4 Å². The van der Waals surface area contributed by atoms with Gasteiger partial charge in [0.15, 0.2) is 6.04 Å².